The van der Waals surface area contributed by atoms with Crippen molar-refractivity contribution in [1.29, 1.82) is 0 Å². The van der Waals surface area contributed by atoms with Gasteiger partial charge in [0.2, 0.25) is 5.76 Å². The van der Waals surface area contributed by atoms with Crippen LogP contribution in [0.3, 0.4) is 0 Å². The molecule has 0 aliphatic carbocycles. The van der Waals surface area contributed by atoms with Gasteiger partial charge in [0.05, 0.1) is 24.1 Å². The molecule has 1 aromatic heterocycles. The van der Waals surface area contributed by atoms with E-state index in [1.807, 2.05) is 67.6 Å². The number of nitrogens with zero attached hydrogens (tertiary/aromatic N) is 1. The second-order valence-electron chi connectivity index (χ2n) is 7.91. The minimum Gasteiger partial charge on any atom is -0.497 e. The Hall–Kier alpha value is -3.38. The van der Waals surface area contributed by atoms with Crippen LogP contribution in [-0.4, -0.2) is 17.9 Å². The van der Waals surface area contributed by atoms with E-state index in [9.17, 15) is 9.59 Å². The molecule has 0 N–H and O–H groups in total. The molecule has 0 saturated heterocycles. The Kier molecular flexibility index (Phi) is 5.10. The molecular weight excluding hydrogens is 470 g/mol. The lowest BCUT2D eigenvalue weighted by atomic mass is 9.98. The average molecular weight is 490 g/mol. The number of fused-ring (bicyclic) bond motifs is 2. The van der Waals surface area contributed by atoms with Crippen molar-refractivity contribution in [2.75, 3.05) is 7.11 Å². The Bertz CT molecular complexity index is 1390. The number of benzene rings is 3. The molecule has 6 heteroatoms. The molecular formula is C26H20BrNO4. The van der Waals surface area contributed by atoms with Crippen LogP contribution in [0.25, 0.3) is 11.0 Å². The third-order valence-electron chi connectivity index (χ3n) is 5.82. The molecule has 1 amide bonds. The van der Waals surface area contributed by atoms with Crippen molar-refractivity contribution in [2.24, 2.45) is 0 Å². The van der Waals surface area contributed by atoms with Gasteiger partial charge in [-0.2, -0.15) is 0 Å². The van der Waals surface area contributed by atoms with Crippen LogP contribution in [0.2, 0.25) is 0 Å². The molecule has 3 aromatic carbocycles. The summed E-state index contributed by atoms with van der Waals surface area (Å²) in [7, 11) is 1.61. The molecule has 1 atom stereocenters. The zero-order valence-electron chi connectivity index (χ0n) is 17.6. The van der Waals surface area contributed by atoms with Gasteiger partial charge in [-0.05, 0) is 54.4 Å². The summed E-state index contributed by atoms with van der Waals surface area (Å²) in [4.78, 5) is 28.8. The Morgan fingerprint density at radius 1 is 1.00 bits per heavy atom. The lowest BCUT2D eigenvalue weighted by Crippen LogP contribution is -2.29. The van der Waals surface area contributed by atoms with E-state index < -0.39 is 6.04 Å². The van der Waals surface area contributed by atoms with Crippen LogP contribution in [0.15, 0.2) is 80.4 Å². The number of methoxy groups -OCH3 is 1. The summed E-state index contributed by atoms with van der Waals surface area (Å²) in [5.74, 6) is 0.573. The Morgan fingerprint density at radius 3 is 2.41 bits per heavy atom. The van der Waals surface area contributed by atoms with Crippen molar-refractivity contribution < 1.29 is 13.9 Å². The van der Waals surface area contributed by atoms with Gasteiger partial charge in [0.1, 0.15) is 11.3 Å². The van der Waals surface area contributed by atoms with Crippen molar-refractivity contribution >= 4 is 32.8 Å². The van der Waals surface area contributed by atoms with Crippen LogP contribution in [0.1, 0.15) is 38.9 Å². The summed E-state index contributed by atoms with van der Waals surface area (Å²) in [6.07, 6.45) is 0. The molecule has 0 bridgehead atoms. The van der Waals surface area contributed by atoms with Gasteiger partial charge in [-0.3, -0.25) is 9.59 Å². The molecule has 4 aromatic rings. The number of rotatable bonds is 4. The summed E-state index contributed by atoms with van der Waals surface area (Å²) in [6.45, 7) is 2.27. The number of aryl methyl sites for hydroxylation is 1. The predicted octanol–water partition coefficient (Wildman–Crippen LogP) is 5.62. The standard InChI is InChI=1S/C26H20BrNO4/c1-15-3-12-21-20(13-15)24(29)22-23(17-6-8-18(27)9-7-17)28(26(30)25(22)32-21)14-16-4-10-19(31-2)11-5-16/h3-13,23H,14H2,1-2H3. The molecule has 0 fully saturated rings. The number of halogens is 1. The molecule has 0 spiro atoms. The highest BCUT2D eigenvalue weighted by atomic mass is 79.9. The van der Waals surface area contributed by atoms with E-state index in [2.05, 4.69) is 15.9 Å². The Balaban J connectivity index is 1.68. The third kappa shape index (κ3) is 3.41. The van der Waals surface area contributed by atoms with Gasteiger partial charge in [0.25, 0.3) is 5.91 Å². The minimum atomic E-state index is -0.533. The second-order valence-corrected chi connectivity index (χ2v) is 8.82. The topological polar surface area (TPSA) is 59.8 Å². The highest BCUT2D eigenvalue weighted by Crippen LogP contribution is 2.39. The molecule has 2 heterocycles. The molecule has 1 aliphatic heterocycles. The van der Waals surface area contributed by atoms with Gasteiger partial charge in [-0.25, -0.2) is 0 Å². The van der Waals surface area contributed by atoms with E-state index in [1.165, 1.54) is 0 Å². The molecule has 5 rings (SSSR count). The summed E-state index contributed by atoms with van der Waals surface area (Å²) in [6, 6.07) is 20.1. The van der Waals surface area contributed by atoms with Gasteiger partial charge in [-0.15, -0.1) is 0 Å². The number of amides is 1. The number of carbonyl (C=O) groups is 1. The number of ether oxygens (including phenoxy) is 1. The predicted molar refractivity (Wildman–Crippen MR) is 126 cm³/mol. The Morgan fingerprint density at radius 2 is 1.72 bits per heavy atom. The van der Waals surface area contributed by atoms with E-state index in [1.54, 1.807) is 18.1 Å². The summed E-state index contributed by atoms with van der Waals surface area (Å²) >= 11 is 3.46. The first-order valence-corrected chi connectivity index (χ1v) is 11.0. The minimum absolute atomic E-state index is 0.118. The molecule has 1 aliphatic rings. The van der Waals surface area contributed by atoms with Crippen molar-refractivity contribution in [2.45, 2.75) is 19.5 Å². The monoisotopic (exact) mass is 489 g/mol. The average Bonchev–Trinajstić information content (AvgIpc) is 3.07. The van der Waals surface area contributed by atoms with Gasteiger partial charge >= 0.3 is 0 Å². The summed E-state index contributed by atoms with van der Waals surface area (Å²) < 4.78 is 12.2. The van der Waals surface area contributed by atoms with E-state index in [0.29, 0.717) is 23.1 Å². The van der Waals surface area contributed by atoms with Crippen LogP contribution in [0.4, 0.5) is 0 Å². The smallest absolute Gasteiger partial charge is 0.291 e. The Labute approximate surface area is 193 Å². The van der Waals surface area contributed by atoms with Crippen LogP contribution in [-0.2, 0) is 6.54 Å². The fourth-order valence-corrected chi connectivity index (χ4v) is 4.48. The highest BCUT2D eigenvalue weighted by Gasteiger charge is 2.42. The first-order chi connectivity index (χ1) is 15.5. The third-order valence-corrected chi connectivity index (χ3v) is 6.35. The van der Waals surface area contributed by atoms with Crippen LogP contribution in [0.5, 0.6) is 5.75 Å². The zero-order chi connectivity index (χ0) is 22.4. The lowest BCUT2D eigenvalue weighted by molar-refractivity contribution is 0.0714. The van der Waals surface area contributed by atoms with E-state index in [4.69, 9.17) is 9.15 Å². The molecule has 0 radical (unpaired) electrons. The molecule has 1 unspecified atom stereocenters. The summed E-state index contributed by atoms with van der Waals surface area (Å²) in [5.41, 5.74) is 3.40. The molecule has 32 heavy (non-hydrogen) atoms. The van der Waals surface area contributed by atoms with Gasteiger partial charge in [-0.1, -0.05) is 51.8 Å². The largest absolute Gasteiger partial charge is 0.497 e. The van der Waals surface area contributed by atoms with Gasteiger partial charge < -0.3 is 14.1 Å². The summed E-state index contributed by atoms with van der Waals surface area (Å²) in [5, 5.41) is 0.491. The van der Waals surface area contributed by atoms with Crippen molar-refractivity contribution in [3.8, 4) is 5.75 Å². The quantitative estimate of drug-likeness (QED) is 0.373. The van der Waals surface area contributed by atoms with Crippen LogP contribution < -0.4 is 10.2 Å². The maximum Gasteiger partial charge on any atom is 0.291 e. The van der Waals surface area contributed by atoms with E-state index >= 15 is 0 Å². The first-order valence-electron chi connectivity index (χ1n) is 10.2. The maximum absolute atomic E-state index is 13.6. The SMILES string of the molecule is COc1ccc(CN2C(=O)c3oc4ccc(C)cc4c(=O)c3C2c2ccc(Br)cc2)cc1. The second kappa shape index (κ2) is 7.95. The van der Waals surface area contributed by atoms with E-state index in [-0.39, 0.29) is 17.1 Å². The first kappa shape index (κ1) is 20.5. The molecule has 160 valence electrons. The number of carbonyl (C=O) groups excluding carboxylic acids is 1. The van der Waals surface area contributed by atoms with Crippen molar-refractivity contribution in [3.63, 3.8) is 0 Å². The number of hydrogen-bond acceptors (Lipinski definition) is 4. The van der Waals surface area contributed by atoms with Crippen LogP contribution in [0, 0.1) is 6.92 Å². The van der Waals surface area contributed by atoms with E-state index in [0.717, 1.165) is 26.9 Å². The molecule has 5 nitrogen and oxygen atoms in total. The highest BCUT2D eigenvalue weighted by molar-refractivity contribution is 9.10. The van der Waals surface area contributed by atoms with Gasteiger partial charge in [0, 0.05) is 11.0 Å². The van der Waals surface area contributed by atoms with Crippen LogP contribution >= 0.6 is 15.9 Å². The van der Waals surface area contributed by atoms with Crippen molar-refractivity contribution in [3.05, 3.63) is 109 Å². The normalized spacial score (nSPS) is 15.3. The lowest BCUT2D eigenvalue weighted by Gasteiger charge is -2.25. The maximum atomic E-state index is 13.6. The fourth-order valence-electron chi connectivity index (χ4n) is 4.22. The fraction of sp³-hybridized carbons (Fsp3) is 0.154. The number of hydrogen-bond donors (Lipinski definition) is 0. The van der Waals surface area contributed by atoms with Gasteiger partial charge in [0.15, 0.2) is 5.43 Å². The molecule has 0 saturated carbocycles. The zero-order valence-corrected chi connectivity index (χ0v) is 19.2. The van der Waals surface area contributed by atoms with Crippen molar-refractivity contribution in [1.82, 2.24) is 4.90 Å².